The van der Waals surface area contributed by atoms with Gasteiger partial charge < -0.3 is 10.6 Å². The maximum atomic E-state index is 6.08. The van der Waals surface area contributed by atoms with E-state index in [1.54, 1.807) is 12.5 Å². The van der Waals surface area contributed by atoms with Crippen molar-refractivity contribution in [3.63, 3.8) is 0 Å². The van der Waals surface area contributed by atoms with E-state index >= 15 is 0 Å². The van der Waals surface area contributed by atoms with Gasteiger partial charge in [-0.3, -0.25) is 9.88 Å². The molecule has 0 atom stereocenters. The highest BCUT2D eigenvalue weighted by atomic mass is 35.5. The third-order valence-corrected chi connectivity index (χ3v) is 3.50. The lowest BCUT2D eigenvalue weighted by molar-refractivity contribution is 0.213. The summed E-state index contributed by atoms with van der Waals surface area (Å²) in [4.78, 5) is 13.1. The first-order valence-corrected chi connectivity index (χ1v) is 6.93. The average Bonchev–Trinajstić information content (AvgIpc) is 2.86. The molecule has 21 heavy (non-hydrogen) atoms. The summed E-state index contributed by atoms with van der Waals surface area (Å²) in [6.45, 7) is 8.98. The van der Waals surface area contributed by atoms with Crippen molar-refractivity contribution in [2.45, 2.75) is 19.4 Å². The number of hydrogen-bond acceptors (Lipinski definition) is 6. The Morgan fingerprint density at radius 3 is 2.57 bits per heavy atom. The predicted molar refractivity (Wildman–Crippen MR) is 84.9 cm³/mol. The van der Waals surface area contributed by atoms with Crippen molar-refractivity contribution in [1.82, 2.24) is 24.5 Å². The van der Waals surface area contributed by atoms with Crippen LogP contribution in [0.2, 0.25) is 0 Å². The Hall–Kier alpha value is -1.44. The fraction of sp³-hybridized carbons (Fsp3) is 0.615. The van der Waals surface area contributed by atoms with E-state index in [1.165, 1.54) is 0 Å². The number of piperazine rings is 1. The first-order chi connectivity index (χ1) is 9.53. The van der Waals surface area contributed by atoms with E-state index in [0.717, 1.165) is 44.2 Å². The van der Waals surface area contributed by atoms with Gasteiger partial charge in [-0.2, -0.15) is 9.61 Å². The first kappa shape index (κ1) is 15.9. The molecule has 0 bridgehead atoms. The van der Waals surface area contributed by atoms with E-state index in [-0.39, 0.29) is 17.9 Å². The summed E-state index contributed by atoms with van der Waals surface area (Å²) in [5.41, 5.74) is 6.73. The molecule has 0 spiro atoms. The van der Waals surface area contributed by atoms with Crippen molar-refractivity contribution in [1.29, 1.82) is 0 Å². The zero-order valence-electron chi connectivity index (χ0n) is 12.4. The molecule has 0 unspecified atom stereocenters. The summed E-state index contributed by atoms with van der Waals surface area (Å²) >= 11 is 0. The van der Waals surface area contributed by atoms with Crippen molar-refractivity contribution >= 4 is 23.9 Å². The van der Waals surface area contributed by atoms with E-state index in [2.05, 4.69) is 38.7 Å². The molecule has 1 aliphatic heterocycles. The van der Waals surface area contributed by atoms with Crippen LogP contribution in [0.4, 0.5) is 5.82 Å². The summed E-state index contributed by atoms with van der Waals surface area (Å²) in [5.74, 6) is 1.01. The van der Waals surface area contributed by atoms with E-state index < -0.39 is 0 Å². The van der Waals surface area contributed by atoms with Crippen LogP contribution >= 0.6 is 12.4 Å². The quantitative estimate of drug-likeness (QED) is 0.884. The molecule has 7 nitrogen and oxygen atoms in total. The van der Waals surface area contributed by atoms with E-state index in [4.69, 9.17) is 5.73 Å². The van der Waals surface area contributed by atoms with Crippen molar-refractivity contribution in [2.75, 3.05) is 37.6 Å². The van der Waals surface area contributed by atoms with Crippen LogP contribution in [0.15, 0.2) is 18.7 Å². The average molecular weight is 312 g/mol. The standard InChI is InChI=1S/C13H21N7.ClH/c1-13(2,14)9-18-3-5-19(6-4-18)12-8-15-7-11-16-10-17-20(11)12;/h7-8,10H,3-6,9,14H2,1-2H3;1H. The van der Waals surface area contributed by atoms with E-state index in [9.17, 15) is 0 Å². The van der Waals surface area contributed by atoms with Crippen molar-refractivity contribution < 1.29 is 0 Å². The van der Waals surface area contributed by atoms with Crippen LogP contribution < -0.4 is 10.6 Å². The Kier molecular flexibility index (Phi) is 4.65. The molecule has 0 aromatic carbocycles. The van der Waals surface area contributed by atoms with Gasteiger partial charge in [0.25, 0.3) is 0 Å². The number of halogens is 1. The summed E-state index contributed by atoms with van der Waals surface area (Å²) in [6, 6.07) is 0. The van der Waals surface area contributed by atoms with Gasteiger partial charge in [-0.1, -0.05) is 0 Å². The number of nitrogens with zero attached hydrogens (tertiary/aromatic N) is 6. The van der Waals surface area contributed by atoms with Crippen LogP contribution in [0, 0.1) is 0 Å². The zero-order chi connectivity index (χ0) is 14.2. The maximum Gasteiger partial charge on any atom is 0.175 e. The van der Waals surface area contributed by atoms with Gasteiger partial charge in [0.05, 0.1) is 12.4 Å². The molecule has 116 valence electrons. The Bertz CT molecular complexity index is 583. The number of fused-ring (bicyclic) bond motifs is 1. The molecule has 3 heterocycles. The first-order valence-electron chi connectivity index (χ1n) is 6.93. The molecule has 2 N–H and O–H groups in total. The van der Waals surface area contributed by atoms with Crippen LogP contribution in [0.3, 0.4) is 0 Å². The van der Waals surface area contributed by atoms with Gasteiger partial charge in [-0.25, -0.2) is 4.98 Å². The maximum absolute atomic E-state index is 6.08. The Balaban J connectivity index is 0.00000161. The predicted octanol–water partition coefficient (Wildman–Crippen LogP) is 0.405. The van der Waals surface area contributed by atoms with Crippen LogP contribution in [0.25, 0.3) is 5.65 Å². The smallest absolute Gasteiger partial charge is 0.175 e. The Morgan fingerprint density at radius 2 is 1.90 bits per heavy atom. The fourth-order valence-electron chi connectivity index (χ4n) is 2.67. The van der Waals surface area contributed by atoms with Gasteiger partial charge >= 0.3 is 0 Å². The lowest BCUT2D eigenvalue weighted by Gasteiger charge is -2.38. The Labute approximate surface area is 130 Å². The van der Waals surface area contributed by atoms with Crippen LogP contribution in [-0.4, -0.2) is 62.7 Å². The van der Waals surface area contributed by atoms with Crippen LogP contribution in [0.1, 0.15) is 13.8 Å². The molecule has 1 aliphatic rings. The third-order valence-electron chi connectivity index (χ3n) is 3.50. The van der Waals surface area contributed by atoms with Crippen molar-refractivity contribution in [2.24, 2.45) is 5.73 Å². The summed E-state index contributed by atoms with van der Waals surface area (Å²) in [5, 5.41) is 4.26. The summed E-state index contributed by atoms with van der Waals surface area (Å²) in [7, 11) is 0. The molecular weight excluding hydrogens is 290 g/mol. The second kappa shape index (κ2) is 6.13. The second-order valence-electron chi connectivity index (χ2n) is 6.05. The fourth-order valence-corrected chi connectivity index (χ4v) is 2.67. The largest absolute Gasteiger partial charge is 0.353 e. The molecule has 0 amide bonds. The molecule has 1 fully saturated rings. The number of hydrogen-bond donors (Lipinski definition) is 1. The van der Waals surface area contributed by atoms with E-state index in [0.29, 0.717) is 0 Å². The number of anilines is 1. The molecule has 3 rings (SSSR count). The lowest BCUT2D eigenvalue weighted by Crippen LogP contribution is -2.53. The third kappa shape index (κ3) is 3.61. The molecule has 0 aliphatic carbocycles. The number of aromatic nitrogens is 4. The minimum atomic E-state index is -0.143. The molecule has 8 heteroatoms. The minimum Gasteiger partial charge on any atom is -0.353 e. The van der Waals surface area contributed by atoms with Crippen molar-refractivity contribution in [3.8, 4) is 0 Å². The molecule has 2 aromatic heterocycles. The summed E-state index contributed by atoms with van der Waals surface area (Å²) < 4.78 is 1.84. The van der Waals surface area contributed by atoms with Crippen LogP contribution in [0.5, 0.6) is 0 Å². The van der Waals surface area contributed by atoms with E-state index in [1.807, 2.05) is 10.7 Å². The SMILES string of the molecule is CC(C)(N)CN1CCN(c2cncc3ncnn23)CC1.Cl. The topological polar surface area (TPSA) is 75.6 Å². The molecule has 2 aromatic rings. The second-order valence-corrected chi connectivity index (χ2v) is 6.05. The summed E-state index contributed by atoms with van der Waals surface area (Å²) in [6.07, 6.45) is 5.14. The monoisotopic (exact) mass is 311 g/mol. The minimum absolute atomic E-state index is 0. The number of nitrogens with two attached hydrogens (primary N) is 1. The van der Waals surface area contributed by atoms with Gasteiger partial charge in [-0.15, -0.1) is 12.4 Å². The number of rotatable bonds is 3. The van der Waals surface area contributed by atoms with Crippen LogP contribution in [-0.2, 0) is 0 Å². The Morgan fingerprint density at radius 1 is 1.19 bits per heavy atom. The zero-order valence-corrected chi connectivity index (χ0v) is 13.3. The van der Waals surface area contributed by atoms with Gasteiger partial charge in [0.15, 0.2) is 11.5 Å². The molecular formula is C13H22ClN7. The van der Waals surface area contributed by atoms with Gasteiger partial charge in [0.1, 0.15) is 6.33 Å². The molecule has 0 saturated carbocycles. The molecule has 1 saturated heterocycles. The highest BCUT2D eigenvalue weighted by Gasteiger charge is 2.23. The van der Waals surface area contributed by atoms with Gasteiger partial charge in [0, 0.05) is 38.3 Å². The highest BCUT2D eigenvalue weighted by molar-refractivity contribution is 5.85. The van der Waals surface area contributed by atoms with Gasteiger partial charge in [0.2, 0.25) is 0 Å². The molecule has 0 radical (unpaired) electrons. The lowest BCUT2D eigenvalue weighted by atomic mass is 10.1. The highest BCUT2D eigenvalue weighted by Crippen LogP contribution is 2.16. The normalized spacial score (nSPS) is 17.0. The van der Waals surface area contributed by atoms with Crippen molar-refractivity contribution in [3.05, 3.63) is 18.7 Å². The van der Waals surface area contributed by atoms with Gasteiger partial charge in [-0.05, 0) is 13.8 Å².